The largest absolute Gasteiger partial charge is 0.348 e. The highest BCUT2D eigenvalue weighted by molar-refractivity contribution is 9.10. The Hall–Kier alpha value is -0.780. The second kappa shape index (κ2) is 7.29. The molecule has 0 unspecified atom stereocenters. The van der Waals surface area contributed by atoms with Crippen molar-refractivity contribution in [3.63, 3.8) is 0 Å². The summed E-state index contributed by atoms with van der Waals surface area (Å²) in [6, 6.07) is 10.2. The molecule has 5 heteroatoms. The van der Waals surface area contributed by atoms with Crippen LogP contribution in [-0.4, -0.2) is 11.7 Å². The van der Waals surface area contributed by atoms with Gasteiger partial charge in [-0.1, -0.05) is 22.0 Å². The van der Waals surface area contributed by atoms with E-state index >= 15 is 0 Å². The van der Waals surface area contributed by atoms with Crippen molar-refractivity contribution in [2.45, 2.75) is 24.8 Å². The lowest BCUT2D eigenvalue weighted by Crippen LogP contribution is -2.27. The highest BCUT2D eigenvalue weighted by atomic mass is 79.9. The third-order valence-electron chi connectivity index (χ3n) is 2.84. The van der Waals surface area contributed by atoms with Crippen molar-refractivity contribution in [3.8, 4) is 0 Å². The smallest absolute Gasteiger partial charge is 0.230 e. The van der Waals surface area contributed by atoms with Crippen LogP contribution in [0, 0.1) is 6.92 Å². The van der Waals surface area contributed by atoms with Crippen molar-refractivity contribution >= 4 is 44.9 Å². The van der Waals surface area contributed by atoms with Crippen LogP contribution >= 0.6 is 39.0 Å². The molecule has 0 radical (unpaired) electrons. The second-order valence-electron chi connectivity index (χ2n) is 4.50. The zero-order valence-corrected chi connectivity index (χ0v) is 14.6. The van der Waals surface area contributed by atoms with Crippen molar-refractivity contribution in [2.75, 3.05) is 5.75 Å². The Kier molecular flexibility index (Phi) is 5.69. The van der Waals surface area contributed by atoms with Gasteiger partial charge in [0.05, 0.1) is 11.8 Å². The number of aryl methyl sites for hydroxylation is 1. The minimum atomic E-state index is 0.0678. The van der Waals surface area contributed by atoms with Gasteiger partial charge >= 0.3 is 0 Å². The summed E-state index contributed by atoms with van der Waals surface area (Å²) in [5.41, 5.74) is 1.18. The van der Waals surface area contributed by atoms with Crippen molar-refractivity contribution in [1.29, 1.82) is 0 Å². The number of hydrogen-bond acceptors (Lipinski definition) is 3. The maximum absolute atomic E-state index is 12.0. The highest BCUT2D eigenvalue weighted by Gasteiger charge is 2.11. The monoisotopic (exact) mass is 369 g/mol. The van der Waals surface area contributed by atoms with E-state index in [1.54, 1.807) is 23.1 Å². The summed E-state index contributed by atoms with van der Waals surface area (Å²) in [5.74, 6) is 0.510. The first-order valence-corrected chi connectivity index (χ1v) is 8.94. The van der Waals surface area contributed by atoms with Crippen LogP contribution in [0.15, 0.2) is 45.1 Å². The predicted molar refractivity (Wildman–Crippen MR) is 90.5 cm³/mol. The number of hydrogen-bond donors (Lipinski definition) is 1. The molecule has 0 aliphatic heterocycles. The molecular formula is C15H16BrNOS2. The lowest BCUT2D eigenvalue weighted by molar-refractivity contribution is -0.119. The van der Waals surface area contributed by atoms with Gasteiger partial charge in [-0.05, 0) is 49.1 Å². The maximum atomic E-state index is 12.0. The molecule has 1 aromatic carbocycles. The van der Waals surface area contributed by atoms with E-state index in [-0.39, 0.29) is 11.9 Å². The van der Waals surface area contributed by atoms with E-state index in [9.17, 15) is 4.79 Å². The number of halogens is 1. The van der Waals surface area contributed by atoms with Crippen LogP contribution in [0.25, 0.3) is 0 Å². The number of carbonyl (C=O) groups excluding carboxylic acids is 1. The van der Waals surface area contributed by atoms with Gasteiger partial charge in [0.15, 0.2) is 0 Å². The summed E-state index contributed by atoms with van der Waals surface area (Å²) in [6.07, 6.45) is 0. The summed E-state index contributed by atoms with van der Waals surface area (Å²) in [4.78, 5) is 14.3. The first-order chi connectivity index (χ1) is 9.56. The molecule has 0 aliphatic rings. The van der Waals surface area contributed by atoms with Gasteiger partial charge in [0, 0.05) is 14.2 Å². The van der Waals surface area contributed by atoms with Gasteiger partial charge in [-0.25, -0.2) is 0 Å². The van der Waals surface area contributed by atoms with Gasteiger partial charge in [-0.15, -0.1) is 23.1 Å². The third kappa shape index (κ3) is 4.36. The van der Waals surface area contributed by atoms with Crippen molar-refractivity contribution in [1.82, 2.24) is 5.32 Å². The minimum Gasteiger partial charge on any atom is -0.348 e. The Morgan fingerprint density at radius 1 is 1.45 bits per heavy atom. The van der Waals surface area contributed by atoms with Crippen LogP contribution in [0.2, 0.25) is 0 Å². The molecule has 0 fully saturated rings. The number of amides is 1. The molecule has 2 rings (SSSR count). The highest BCUT2D eigenvalue weighted by Crippen LogP contribution is 2.25. The predicted octanol–water partition coefficient (Wildman–Crippen LogP) is 4.79. The summed E-state index contributed by atoms with van der Waals surface area (Å²) >= 11 is 6.68. The Morgan fingerprint density at radius 2 is 2.25 bits per heavy atom. The number of benzene rings is 1. The van der Waals surface area contributed by atoms with Crippen LogP contribution in [0.4, 0.5) is 0 Å². The molecule has 106 valence electrons. The molecule has 1 N–H and O–H groups in total. The number of carbonyl (C=O) groups is 1. The summed E-state index contributed by atoms with van der Waals surface area (Å²) in [6.45, 7) is 4.07. The Morgan fingerprint density at radius 3 is 2.90 bits per heavy atom. The molecule has 1 amide bonds. The minimum absolute atomic E-state index is 0.0678. The molecular weight excluding hydrogens is 354 g/mol. The number of thiophene rings is 1. The van der Waals surface area contributed by atoms with Crippen LogP contribution < -0.4 is 5.32 Å². The van der Waals surface area contributed by atoms with Crippen LogP contribution in [-0.2, 0) is 4.79 Å². The van der Waals surface area contributed by atoms with Gasteiger partial charge in [-0.3, -0.25) is 4.79 Å². The molecule has 0 bridgehead atoms. The molecule has 1 heterocycles. The fourth-order valence-electron chi connectivity index (χ4n) is 1.81. The van der Waals surface area contributed by atoms with Gasteiger partial charge < -0.3 is 5.32 Å². The first kappa shape index (κ1) is 15.6. The van der Waals surface area contributed by atoms with Crippen molar-refractivity contribution in [3.05, 3.63) is 50.6 Å². The average Bonchev–Trinajstić information content (AvgIpc) is 2.91. The molecule has 2 aromatic rings. The van der Waals surface area contributed by atoms with E-state index in [0.717, 1.165) is 9.37 Å². The second-order valence-corrected chi connectivity index (χ2v) is 7.42. The molecule has 1 atom stereocenters. The first-order valence-electron chi connectivity index (χ1n) is 6.28. The molecule has 1 aromatic heterocycles. The Balaban J connectivity index is 1.86. The van der Waals surface area contributed by atoms with E-state index in [1.807, 2.05) is 36.6 Å². The summed E-state index contributed by atoms with van der Waals surface area (Å²) < 4.78 is 1.06. The van der Waals surface area contributed by atoms with E-state index < -0.39 is 0 Å². The Labute approximate surface area is 136 Å². The number of nitrogens with one attached hydrogen (secondary N) is 1. The molecule has 20 heavy (non-hydrogen) atoms. The van der Waals surface area contributed by atoms with E-state index in [2.05, 4.69) is 34.2 Å². The van der Waals surface area contributed by atoms with Gasteiger partial charge in [0.2, 0.25) is 5.91 Å². The summed E-state index contributed by atoms with van der Waals surface area (Å²) in [5, 5.41) is 5.05. The van der Waals surface area contributed by atoms with Gasteiger partial charge in [0.1, 0.15) is 0 Å². The molecule has 0 aliphatic carbocycles. The average molecular weight is 370 g/mol. The van der Waals surface area contributed by atoms with E-state index in [0.29, 0.717) is 5.75 Å². The van der Waals surface area contributed by atoms with Gasteiger partial charge in [-0.2, -0.15) is 0 Å². The maximum Gasteiger partial charge on any atom is 0.230 e. The fraction of sp³-hybridized carbons (Fsp3) is 0.267. The lowest BCUT2D eigenvalue weighted by atomic mass is 10.2. The SMILES string of the molecule is Cc1cc(Br)ccc1SCC(=O)N[C@@H](C)c1cccs1. The lowest BCUT2D eigenvalue weighted by Gasteiger charge is -2.12. The molecule has 2 nitrogen and oxygen atoms in total. The van der Waals surface area contributed by atoms with Crippen LogP contribution in [0.1, 0.15) is 23.4 Å². The molecule has 0 saturated carbocycles. The van der Waals surface area contributed by atoms with Gasteiger partial charge in [0.25, 0.3) is 0 Å². The summed E-state index contributed by atoms with van der Waals surface area (Å²) in [7, 11) is 0. The third-order valence-corrected chi connectivity index (χ3v) is 5.57. The topological polar surface area (TPSA) is 29.1 Å². The molecule has 0 saturated heterocycles. The Bertz CT molecular complexity index is 584. The van der Waals surface area contributed by atoms with Crippen LogP contribution in [0.3, 0.4) is 0 Å². The normalized spacial score (nSPS) is 12.2. The quantitative estimate of drug-likeness (QED) is 0.767. The number of rotatable bonds is 5. The number of thioether (sulfide) groups is 1. The zero-order valence-electron chi connectivity index (χ0n) is 11.4. The molecule has 0 spiro atoms. The standard InChI is InChI=1S/C15H16BrNOS2/c1-10-8-12(16)5-6-13(10)20-9-15(18)17-11(2)14-4-3-7-19-14/h3-8,11H,9H2,1-2H3,(H,17,18)/t11-/m0/s1. The van der Waals surface area contributed by atoms with Crippen LogP contribution in [0.5, 0.6) is 0 Å². The zero-order chi connectivity index (χ0) is 14.5. The van der Waals surface area contributed by atoms with E-state index in [1.165, 1.54) is 10.4 Å². The van der Waals surface area contributed by atoms with E-state index in [4.69, 9.17) is 0 Å². The van der Waals surface area contributed by atoms with Crippen molar-refractivity contribution < 1.29 is 4.79 Å². The fourth-order valence-corrected chi connectivity index (χ4v) is 3.84. The van der Waals surface area contributed by atoms with Crippen molar-refractivity contribution in [2.24, 2.45) is 0 Å².